The first kappa shape index (κ1) is 16.3. The van der Waals surface area contributed by atoms with Gasteiger partial charge in [0.1, 0.15) is 0 Å². The largest absolute Gasteiger partial charge is 0.493 e. The molecule has 126 valence electrons. The van der Waals surface area contributed by atoms with Crippen molar-refractivity contribution in [3.8, 4) is 27.9 Å². The molecule has 2 heterocycles. The molecule has 9 heteroatoms. The second kappa shape index (κ2) is 6.16. The van der Waals surface area contributed by atoms with Crippen LogP contribution in [-0.4, -0.2) is 29.0 Å². The number of hydrogen-bond donors (Lipinski definition) is 0. The molecule has 0 amide bonds. The summed E-state index contributed by atoms with van der Waals surface area (Å²) in [7, 11) is 3.03. The average Bonchev–Trinajstić information content (AvgIpc) is 3.22. The van der Waals surface area contributed by atoms with Crippen LogP contribution in [0.15, 0.2) is 35.8 Å². The van der Waals surface area contributed by atoms with E-state index in [-0.39, 0.29) is 5.13 Å². The highest BCUT2D eigenvalue weighted by Crippen LogP contribution is 2.35. The fourth-order valence-corrected chi connectivity index (χ4v) is 2.96. The summed E-state index contributed by atoms with van der Waals surface area (Å²) in [5, 5.41) is 5.52. The number of nitrogens with zero attached hydrogens (tertiary/aromatic N) is 3. The van der Waals surface area contributed by atoms with E-state index in [9.17, 15) is 13.2 Å². The number of benzene rings is 1. The molecule has 0 aliphatic heterocycles. The van der Waals surface area contributed by atoms with Gasteiger partial charge in [0, 0.05) is 10.9 Å². The normalized spacial score (nSPS) is 11.5. The van der Waals surface area contributed by atoms with Crippen LogP contribution in [-0.2, 0) is 6.18 Å². The molecule has 0 saturated carbocycles. The van der Waals surface area contributed by atoms with Crippen molar-refractivity contribution in [1.29, 1.82) is 0 Å². The predicted molar refractivity (Wildman–Crippen MR) is 82.8 cm³/mol. The first-order valence-electron chi connectivity index (χ1n) is 6.73. The fraction of sp³-hybridized carbons (Fsp3) is 0.200. The standard InChI is InChI=1S/C15H12F3N3O2S/c1-22-11-4-3-9(7-12(11)23-2)10-8-24-14(20-10)21-13(5-6-19-21)15(16,17)18/h3-8H,1-2H3. The Morgan fingerprint density at radius 2 is 1.83 bits per heavy atom. The van der Waals surface area contributed by atoms with Crippen molar-refractivity contribution in [2.24, 2.45) is 0 Å². The van der Waals surface area contributed by atoms with Crippen molar-refractivity contribution in [3.63, 3.8) is 0 Å². The Morgan fingerprint density at radius 1 is 1.08 bits per heavy atom. The molecule has 0 bridgehead atoms. The van der Waals surface area contributed by atoms with Gasteiger partial charge >= 0.3 is 6.18 Å². The molecule has 0 radical (unpaired) electrons. The van der Waals surface area contributed by atoms with Crippen LogP contribution in [0.3, 0.4) is 0 Å². The number of thiazole rings is 1. The molecule has 0 spiro atoms. The number of ether oxygens (including phenoxy) is 2. The van der Waals surface area contributed by atoms with E-state index in [1.54, 1.807) is 23.6 Å². The number of halogens is 3. The summed E-state index contributed by atoms with van der Waals surface area (Å²) in [5.74, 6) is 1.07. The predicted octanol–water partition coefficient (Wildman–Crippen LogP) is 4.03. The van der Waals surface area contributed by atoms with E-state index in [4.69, 9.17) is 9.47 Å². The lowest BCUT2D eigenvalue weighted by Gasteiger charge is -2.08. The van der Waals surface area contributed by atoms with Crippen molar-refractivity contribution < 1.29 is 22.6 Å². The van der Waals surface area contributed by atoms with Gasteiger partial charge in [-0.2, -0.15) is 18.3 Å². The van der Waals surface area contributed by atoms with Gasteiger partial charge in [-0.3, -0.25) is 0 Å². The molecule has 3 aromatic rings. The third-order valence-corrected chi connectivity index (χ3v) is 4.10. The minimum Gasteiger partial charge on any atom is -0.493 e. The number of aromatic nitrogens is 3. The van der Waals surface area contributed by atoms with E-state index in [0.29, 0.717) is 22.8 Å². The Kier molecular flexibility index (Phi) is 4.18. The lowest BCUT2D eigenvalue weighted by atomic mass is 10.1. The van der Waals surface area contributed by atoms with E-state index < -0.39 is 11.9 Å². The van der Waals surface area contributed by atoms with Crippen LogP contribution in [0, 0.1) is 0 Å². The first-order chi connectivity index (χ1) is 11.4. The summed E-state index contributed by atoms with van der Waals surface area (Å²) in [6.07, 6.45) is -3.40. The van der Waals surface area contributed by atoms with Crippen LogP contribution in [0.25, 0.3) is 16.4 Å². The Bertz CT molecular complexity index is 858. The van der Waals surface area contributed by atoms with Crippen molar-refractivity contribution in [1.82, 2.24) is 14.8 Å². The number of alkyl halides is 3. The third kappa shape index (κ3) is 2.94. The van der Waals surface area contributed by atoms with E-state index in [0.717, 1.165) is 28.3 Å². The fourth-order valence-electron chi connectivity index (χ4n) is 2.16. The van der Waals surface area contributed by atoms with Crippen LogP contribution in [0.2, 0.25) is 0 Å². The molecule has 2 aromatic heterocycles. The Hall–Kier alpha value is -2.55. The lowest BCUT2D eigenvalue weighted by Crippen LogP contribution is -2.13. The topological polar surface area (TPSA) is 49.2 Å². The molecule has 0 saturated heterocycles. The van der Waals surface area contributed by atoms with E-state index in [1.165, 1.54) is 14.2 Å². The Morgan fingerprint density at radius 3 is 2.50 bits per heavy atom. The highest BCUT2D eigenvalue weighted by Gasteiger charge is 2.35. The van der Waals surface area contributed by atoms with Crippen LogP contribution in [0.1, 0.15) is 5.69 Å². The van der Waals surface area contributed by atoms with Gasteiger partial charge in [0.25, 0.3) is 0 Å². The van der Waals surface area contributed by atoms with Crippen LogP contribution < -0.4 is 9.47 Å². The number of rotatable bonds is 4. The maximum absolute atomic E-state index is 13.0. The molecule has 1 aromatic carbocycles. The summed E-state index contributed by atoms with van der Waals surface area (Å²) in [6, 6.07) is 6.10. The monoisotopic (exact) mass is 355 g/mol. The van der Waals surface area contributed by atoms with Crippen LogP contribution in [0.5, 0.6) is 11.5 Å². The summed E-state index contributed by atoms with van der Waals surface area (Å²) in [5.41, 5.74) is 0.367. The van der Waals surface area contributed by atoms with E-state index in [1.807, 2.05) is 0 Å². The first-order valence-corrected chi connectivity index (χ1v) is 7.61. The van der Waals surface area contributed by atoms with Gasteiger partial charge in [0.05, 0.1) is 26.1 Å². The van der Waals surface area contributed by atoms with Crippen molar-refractivity contribution in [2.45, 2.75) is 6.18 Å². The summed E-state index contributed by atoms with van der Waals surface area (Å²) >= 11 is 1.07. The van der Waals surface area contributed by atoms with Gasteiger partial charge in [-0.1, -0.05) is 0 Å². The second-order valence-electron chi connectivity index (χ2n) is 4.71. The average molecular weight is 355 g/mol. The molecule has 0 fully saturated rings. The molecule has 0 N–H and O–H groups in total. The molecule has 0 atom stereocenters. The third-order valence-electron chi connectivity index (χ3n) is 3.29. The number of hydrogen-bond acceptors (Lipinski definition) is 5. The SMILES string of the molecule is COc1ccc(-c2csc(-n3nccc3C(F)(F)F)n2)cc1OC. The molecular formula is C15H12F3N3O2S. The van der Waals surface area contributed by atoms with Gasteiger partial charge < -0.3 is 9.47 Å². The smallest absolute Gasteiger partial charge is 0.433 e. The maximum Gasteiger partial charge on any atom is 0.433 e. The van der Waals surface area contributed by atoms with Crippen LogP contribution in [0.4, 0.5) is 13.2 Å². The van der Waals surface area contributed by atoms with Crippen molar-refractivity contribution >= 4 is 11.3 Å². The molecule has 3 rings (SSSR count). The minimum absolute atomic E-state index is 0.136. The van der Waals surface area contributed by atoms with Gasteiger partial charge in [-0.25, -0.2) is 9.67 Å². The molecule has 5 nitrogen and oxygen atoms in total. The van der Waals surface area contributed by atoms with Crippen molar-refractivity contribution in [2.75, 3.05) is 14.2 Å². The summed E-state index contributed by atoms with van der Waals surface area (Å²) in [6.45, 7) is 0. The zero-order valence-corrected chi connectivity index (χ0v) is 13.5. The van der Waals surface area contributed by atoms with Gasteiger partial charge in [0.2, 0.25) is 5.13 Å². The maximum atomic E-state index is 13.0. The quantitative estimate of drug-likeness (QED) is 0.709. The van der Waals surface area contributed by atoms with Gasteiger partial charge in [-0.05, 0) is 24.3 Å². The molecule has 0 aliphatic carbocycles. The Labute approximate surface area is 139 Å². The molecular weight excluding hydrogens is 343 g/mol. The second-order valence-corrected chi connectivity index (χ2v) is 5.55. The summed E-state index contributed by atoms with van der Waals surface area (Å²) < 4.78 is 50.1. The molecule has 24 heavy (non-hydrogen) atoms. The van der Waals surface area contributed by atoms with Crippen molar-refractivity contribution in [3.05, 3.63) is 41.5 Å². The van der Waals surface area contributed by atoms with E-state index >= 15 is 0 Å². The van der Waals surface area contributed by atoms with Crippen LogP contribution >= 0.6 is 11.3 Å². The highest BCUT2D eigenvalue weighted by atomic mass is 32.1. The highest BCUT2D eigenvalue weighted by molar-refractivity contribution is 7.12. The number of methoxy groups -OCH3 is 2. The minimum atomic E-state index is -4.49. The molecule has 0 unspecified atom stereocenters. The Balaban J connectivity index is 1.99. The van der Waals surface area contributed by atoms with Gasteiger partial charge in [-0.15, -0.1) is 11.3 Å². The van der Waals surface area contributed by atoms with Gasteiger partial charge in [0.15, 0.2) is 17.2 Å². The zero-order valence-electron chi connectivity index (χ0n) is 12.7. The van der Waals surface area contributed by atoms with E-state index in [2.05, 4.69) is 10.1 Å². The summed E-state index contributed by atoms with van der Waals surface area (Å²) in [4.78, 5) is 4.25. The lowest BCUT2D eigenvalue weighted by molar-refractivity contribution is -0.142. The zero-order chi connectivity index (χ0) is 17.3. The molecule has 0 aliphatic rings.